The number of β-amino-alcohol motifs (C(OH)–C–C–N with tert-alkyl or cyclic N) is 1. The number of ether oxygens (including phenoxy) is 2. The van der Waals surface area contributed by atoms with Gasteiger partial charge in [0.1, 0.15) is 12.6 Å². The first kappa shape index (κ1) is 45.3. The molecule has 0 aromatic rings. The molecule has 284 valence electrons. The van der Waals surface area contributed by atoms with E-state index in [1.165, 1.54) is 142 Å². The smallest absolute Gasteiger partial charge is 0.130 e. The molecule has 1 rings (SSSR count). The maximum atomic E-state index is 9.22. The average molecular weight is 679 g/mol. The van der Waals surface area contributed by atoms with Gasteiger partial charge in [0.05, 0.1) is 33.9 Å². The maximum Gasteiger partial charge on any atom is 0.130 e. The first-order valence-corrected chi connectivity index (χ1v) is 20.9. The van der Waals surface area contributed by atoms with Gasteiger partial charge in [0, 0.05) is 58.9 Å². The van der Waals surface area contributed by atoms with Gasteiger partial charge in [0.2, 0.25) is 0 Å². The van der Waals surface area contributed by atoms with Crippen LogP contribution in [0.4, 0.5) is 0 Å². The Labute approximate surface area is 300 Å². The van der Waals surface area contributed by atoms with E-state index in [0.717, 1.165) is 70.0 Å². The van der Waals surface area contributed by atoms with Crippen molar-refractivity contribution in [3.8, 4) is 0 Å². The number of hydrogen-bond donors (Lipinski definition) is 1. The van der Waals surface area contributed by atoms with Gasteiger partial charge < -0.3 is 24.0 Å². The van der Waals surface area contributed by atoms with Crippen molar-refractivity contribution >= 4 is 0 Å². The number of piperazine rings is 1. The third kappa shape index (κ3) is 29.0. The number of likely N-dealkylation sites (N-methyl/N-ethyl adjacent to an activating group) is 1. The lowest BCUT2D eigenvalue weighted by atomic mass is 10.1. The summed E-state index contributed by atoms with van der Waals surface area (Å²) in [7, 11) is 4.74. The highest BCUT2D eigenvalue weighted by Crippen LogP contribution is 2.13. The Kier molecular flexibility index (Phi) is 31.5. The molecule has 0 bridgehead atoms. The minimum absolute atomic E-state index is 0.173. The largest absolute Gasteiger partial charge is 0.395 e. The molecule has 0 aliphatic carbocycles. The summed E-state index contributed by atoms with van der Waals surface area (Å²) in [5.41, 5.74) is 0. The van der Waals surface area contributed by atoms with E-state index < -0.39 is 0 Å². The van der Waals surface area contributed by atoms with Crippen LogP contribution >= 0.6 is 0 Å². The van der Waals surface area contributed by atoms with Crippen molar-refractivity contribution in [3.63, 3.8) is 0 Å². The van der Waals surface area contributed by atoms with Crippen LogP contribution < -0.4 is 0 Å². The summed E-state index contributed by atoms with van der Waals surface area (Å²) < 4.78 is 13.8. The number of hydrogen-bond acceptors (Lipinski definition) is 5. The molecule has 0 saturated carbocycles. The normalized spacial score (nSPS) is 15.8. The van der Waals surface area contributed by atoms with E-state index in [9.17, 15) is 5.11 Å². The third-order valence-electron chi connectivity index (χ3n) is 9.93. The number of aliphatic hydroxyl groups excluding tert-OH is 1. The summed E-state index contributed by atoms with van der Waals surface area (Å²) in [5, 5.41) is 9.22. The molecule has 0 spiro atoms. The maximum absolute atomic E-state index is 9.22. The van der Waals surface area contributed by atoms with Crippen molar-refractivity contribution < 1.29 is 19.1 Å². The molecule has 1 aliphatic heterocycles. The van der Waals surface area contributed by atoms with E-state index in [4.69, 9.17) is 9.47 Å². The summed E-state index contributed by atoms with van der Waals surface area (Å²) in [4.78, 5) is 4.97. The second kappa shape index (κ2) is 33.4. The third-order valence-corrected chi connectivity index (χ3v) is 9.93. The molecule has 6 nitrogen and oxygen atoms in total. The summed E-state index contributed by atoms with van der Waals surface area (Å²) in [5.74, 6) is 0. The van der Waals surface area contributed by atoms with Crippen LogP contribution in [0.15, 0.2) is 24.3 Å². The Bertz CT molecular complexity index is 721. The highest BCUT2D eigenvalue weighted by molar-refractivity contribution is 4.81. The van der Waals surface area contributed by atoms with Gasteiger partial charge >= 0.3 is 0 Å². The lowest BCUT2D eigenvalue weighted by molar-refractivity contribution is -0.893. The van der Waals surface area contributed by atoms with E-state index in [2.05, 4.69) is 62.0 Å². The van der Waals surface area contributed by atoms with E-state index in [-0.39, 0.29) is 12.7 Å². The Hall–Kier alpha value is -0.760. The molecular formula is C42H84N3O3+. The van der Waals surface area contributed by atoms with Crippen LogP contribution in [-0.2, 0) is 9.47 Å². The van der Waals surface area contributed by atoms with Crippen molar-refractivity contribution in [1.29, 1.82) is 0 Å². The summed E-state index contributed by atoms with van der Waals surface area (Å²) in [6.07, 6.45) is 36.8. The van der Waals surface area contributed by atoms with E-state index in [1.54, 1.807) is 0 Å². The molecule has 1 saturated heterocycles. The number of rotatable bonds is 35. The fraction of sp³-hybridized carbons (Fsp3) is 0.905. The van der Waals surface area contributed by atoms with Crippen molar-refractivity contribution in [1.82, 2.24) is 9.80 Å². The molecular weight excluding hydrogens is 594 g/mol. The highest BCUT2D eigenvalue weighted by atomic mass is 16.5. The summed E-state index contributed by atoms with van der Waals surface area (Å²) >= 11 is 0. The fourth-order valence-electron chi connectivity index (χ4n) is 6.72. The summed E-state index contributed by atoms with van der Waals surface area (Å²) in [6, 6.07) is 0. The lowest BCUT2D eigenvalue weighted by Crippen LogP contribution is -2.50. The molecule has 0 radical (unpaired) electrons. The number of allylic oxidation sites excluding steroid dienone is 4. The molecule has 1 aliphatic rings. The van der Waals surface area contributed by atoms with E-state index >= 15 is 0 Å². The van der Waals surface area contributed by atoms with Gasteiger partial charge in [-0.25, -0.2) is 0 Å². The minimum atomic E-state index is 0.173. The zero-order chi connectivity index (χ0) is 34.8. The van der Waals surface area contributed by atoms with Crippen LogP contribution in [0, 0.1) is 0 Å². The molecule has 1 N–H and O–H groups in total. The van der Waals surface area contributed by atoms with Crippen LogP contribution in [0.5, 0.6) is 0 Å². The van der Waals surface area contributed by atoms with Crippen LogP contribution in [-0.4, -0.2) is 118 Å². The number of quaternary nitrogens is 1. The minimum Gasteiger partial charge on any atom is -0.395 e. The van der Waals surface area contributed by atoms with Crippen LogP contribution in [0.3, 0.4) is 0 Å². The molecule has 0 aromatic heterocycles. The van der Waals surface area contributed by atoms with E-state index in [0.29, 0.717) is 0 Å². The Morgan fingerprint density at radius 2 is 1.04 bits per heavy atom. The van der Waals surface area contributed by atoms with Crippen molar-refractivity contribution in [2.75, 3.05) is 92.9 Å². The van der Waals surface area contributed by atoms with Gasteiger partial charge in [0.25, 0.3) is 0 Å². The van der Waals surface area contributed by atoms with Gasteiger partial charge in [-0.15, -0.1) is 0 Å². The van der Waals surface area contributed by atoms with Gasteiger partial charge in [-0.2, -0.15) is 0 Å². The quantitative estimate of drug-likeness (QED) is 0.0411. The first-order valence-electron chi connectivity index (χ1n) is 20.9. The molecule has 1 unspecified atom stereocenters. The second-order valence-electron chi connectivity index (χ2n) is 15.2. The van der Waals surface area contributed by atoms with Gasteiger partial charge in [-0.3, -0.25) is 4.90 Å². The zero-order valence-electron chi connectivity index (χ0n) is 32.8. The molecule has 0 amide bonds. The van der Waals surface area contributed by atoms with Crippen molar-refractivity contribution in [2.24, 2.45) is 0 Å². The van der Waals surface area contributed by atoms with Crippen molar-refractivity contribution in [2.45, 2.75) is 155 Å². The second-order valence-corrected chi connectivity index (χ2v) is 15.2. The topological polar surface area (TPSA) is 45.2 Å². The molecule has 1 atom stereocenters. The van der Waals surface area contributed by atoms with Gasteiger partial charge in [-0.05, 0) is 51.4 Å². The van der Waals surface area contributed by atoms with Gasteiger partial charge in [-0.1, -0.05) is 115 Å². The fourth-order valence-corrected chi connectivity index (χ4v) is 6.72. The molecule has 0 aromatic carbocycles. The van der Waals surface area contributed by atoms with Crippen LogP contribution in [0.25, 0.3) is 0 Å². The molecule has 1 fully saturated rings. The van der Waals surface area contributed by atoms with Crippen molar-refractivity contribution in [3.05, 3.63) is 24.3 Å². The van der Waals surface area contributed by atoms with Crippen LogP contribution in [0.1, 0.15) is 149 Å². The lowest BCUT2D eigenvalue weighted by Gasteiger charge is -2.36. The predicted molar refractivity (Wildman–Crippen MR) is 209 cm³/mol. The number of nitrogens with zero attached hydrogens (tertiary/aromatic N) is 3. The predicted octanol–water partition coefficient (Wildman–Crippen LogP) is 9.42. The highest BCUT2D eigenvalue weighted by Gasteiger charge is 2.24. The Morgan fingerprint density at radius 1 is 0.583 bits per heavy atom. The Morgan fingerprint density at radius 3 is 1.56 bits per heavy atom. The molecule has 48 heavy (non-hydrogen) atoms. The first-order chi connectivity index (χ1) is 23.5. The van der Waals surface area contributed by atoms with Gasteiger partial charge in [0.15, 0.2) is 0 Å². The SMILES string of the molecule is CCCC/C=C\CCCCCCCCOCC(C[N+](C)(C)CCCN1CCN(CCO)CC1)OCCCCCCCC/C=C\CCCC. The Balaban J connectivity index is 2.29. The van der Waals surface area contributed by atoms with E-state index in [1.807, 2.05) is 0 Å². The standard InChI is InChI=1S/C42H84N3O3/c1-5-7-9-11-13-15-17-19-21-23-25-27-38-47-41-42(48-39-28-26-24-22-20-18-16-14-12-10-8-6-2)40-45(3,4)36-29-30-43-31-33-44(34-32-43)35-37-46/h11-14,42,46H,5-10,15-41H2,1-4H3/q+1/b13-11-,14-12-. The average Bonchev–Trinajstić information content (AvgIpc) is 3.07. The monoisotopic (exact) mass is 679 g/mol. The molecule has 6 heteroatoms. The summed E-state index contributed by atoms with van der Waals surface area (Å²) in [6.45, 7) is 15.8. The van der Waals surface area contributed by atoms with Crippen LogP contribution in [0.2, 0.25) is 0 Å². The zero-order valence-corrected chi connectivity index (χ0v) is 32.8. The molecule has 1 heterocycles. The number of aliphatic hydroxyl groups is 1. The number of unbranched alkanes of at least 4 members (excludes halogenated alkanes) is 16.